The van der Waals surface area contributed by atoms with Gasteiger partial charge in [-0.25, -0.2) is 0 Å². The van der Waals surface area contributed by atoms with E-state index in [4.69, 9.17) is 11.6 Å². The Kier molecular flexibility index (Phi) is 5.76. The predicted octanol–water partition coefficient (Wildman–Crippen LogP) is 4.77. The maximum atomic E-state index is 11.4. The number of nitrogens with zero attached hydrogens (tertiary/aromatic N) is 1. The number of carbonyl (C=O) groups excluding carboxylic acids is 1. The van der Waals surface area contributed by atoms with Crippen molar-refractivity contribution in [2.24, 2.45) is 0 Å². The highest BCUT2D eigenvalue weighted by atomic mass is 35.5. The Morgan fingerprint density at radius 1 is 1.15 bits per heavy atom. The van der Waals surface area contributed by atoms with Crippen molar-refractivity contribution in [1.82, 2.24) is 10.2 Å². The highest BCUT2D eigenvalue weighted by Crippen LogP contribution is 2.25. The minimum Gasteiger partial charge on any atom is -0.365 e. The lowest BCUT2D eigenvalue weighted by Crippen LogP contribution is -2.09. The first-order valence-corrected chi connectivity index (χ1v) is 8.70. The van der Waals surface area contributed by atoms with Gasteiger partial charge in [0.25, 0.3) is 0 Å². The van der Waals surface area contributed by atoms with Gasteiger partial charge in [0.05, 0.1) is 6.20 Å². The Morgan fingerprint density at radius 2 is 1.96 bits per heavy atom. The zero-order valence-electron chi connectivity index (χ0n) is 14.3. The summed E-state index contributed by atoms with van der Waals surface area (Å²) in [6.45, 7) is 2.45. The molecule has 26 heavy (non-hydrogen) atoms. The molecular formula is C19H20ClN5O. The fraction of sp³-hybridized carbons (Fsp3) is 0.158. The Hall–Kier alpha value is -2.99. The molecule has 0 saturated carbocycles. The van der Waals surface area contributed by atoms with Gasteiger partial charge in [0.1, 0.15) is 11.5 Å². The highest BCUT2D eigenvalue weighted by molar-refractivity contribution is 6.30. The molecular weight excluding hydrogens is 350 g/mol. The fourth-order valence-electron chi connectivity index (χ4n) is 2.38. The molecule has 0 aliphatic rings. The van der Waals surface area contributed by atoms with Crippen molar-refractivity contribution in [3.63, 3.8) is 0 Å². The van der Waals surface area contributed by atoms with Crippen LogP contribution in [-0.4, -0.2) is 16.1 Å². The van der Waals surface area contributed by atoms with E-state index in [0.29, 0.717) is 18.0 Å². The Balaban J connectivity index is 1.60. The van der Waals surface area contributed by atoms with E-state index < -0.39 is 0 Å². The number of aromatic amines is 1. The van der Waals surface area contributed by atoms with Crippen LogP contribution in [0.5, 0.6) is 0 Å². The molecule has 0 bridgehead atoms. The van der Waals surface area contributed by atoms with Crippen LogP contribution in [0, 0.1) is 0 Å². The smallest absolute Gasteiger partial charge is 0.224 e. The Labute approximate surface area is 157 Å². The summed E-state index contributed by atoms with van der Waals surface area (Å²) >= 11 is 6.01. The van der Waals surface area contributed by atoms with Crippen molar-refractivity contribution in [3.05, 3.63) is 65.3 Å². The number of nitrogens with one attached hydrogen (secondary N) is 4. The number of hydrogen-bond donors (Lipinski definition) is 4. The van der Waals surface area contributed by atoms with Gasteiger partial charge in [-0.05, 0) is 35.9 Å². The van der Waals surface area contributed by atoms with Crippen molar-refractivity contribution in [1.29, 1.82) is 0 Å². The lowest BCUT2D eigenvalue weighted by molar-refractivity contribution is -0.115. The largest absolute Gasteiger partial charge is 0.365 e. The van der Waals surface area contributed by atoms with Gasteiger partial charge >= 0.3 is 0 Å². The normalized spacial score (nSPS) is 10.4. The molecule has 0 aliphatic carbocycles. The lowest BCUT2D eigenvalue weighted by atomic mass is 10.2. The molecule has 0 spiro atoms. The number of H-pyrrole nitrogens is 1. The minimum absolute atomic E-state index is 0.00469. The molecule has 0 radical (unpaired) electrons. The molecule has 3 aromatic rings. The van der Waals surface area contributed by atoms with Gasteiger partial charge in [-0.1, -0.05) is 36.7 Å². The van der Waals surface area contributed by atoms with E-state index in [2.05, 4.69) is 26.1 Å². The first-order valence-electron chi connectivity index (χ1n) is 8.32. The van der Waals surface area contributed by atoms with Crippen LogP contribution in [0.15, 0.2) is 54.7 Å². The van der Waals surface area contributed by atoms with Gasteiger partial charge in [-0.3, -0.25) is 9.89 Å². The number of hydrogen-bond acceptors (Lipinski definition) is 4. The zero-order chi connectivity index (χ0) is 18.4. The fourth-order valence-corrected chi connectivity index (χ4v) is 2.57. The number of halogens is 1. The van der Waals surface area contributed by atoms with Gasteiger partial charge < -0.3 is 16.0 Å². The van der Waals surface area contributed by atoms with E-state index in [0.717, 1.165) is 28.4 Å². The topological polar surface area (TPSA) is 81.8 Å². The van der Waals surface area contributed by atoms with E-state index in [1.165, 1.54) is 0 Å². The third-order valence-corrected chi connectivity index (χ3v) is 4.01. The molecule has 0 aliphatic heterocycles. The average molecular weight is 370 g/mol. The van der Waals surface area contributed by atoms with Crippen molar-refractivity contribution in [2.75, 3.05) is 16.0 Å². The van der Waals surface area contributed by atoms with Crippen LogP contribution < -0.4 is 16.0 Å². The van der Waals surface area contributed by atoms with Gasteiger partial charge in [0.15, 0.2) is 0 Å². The molecule has 1 aromatic heterocycles. The second-order valence-electron chi connectivity index (χ2n) is 5.75. The van der Waals surface area contributed by atoms with Crippen molar-refractivity contribution < 1.29 is 4.79 Å². The van der Waals surface area contributed by atoms with Gasteiger partial charge in [0, 0.05) is 29.4 Å². The van der Waals surface area contributed by atoms with Crippen molar-refractivity contribution >= 4 is 40.4 Å². The summed E-state index contributed by atoms with van der Waals surface area (Å²) in [5.41, 5.74) is 3.60. The molecule has 1 amide bonds. The summed E-state index contributed by atoms with van der Waals surface area (Å²) in [7, 11) is 0. The van der Waals surface area contributed by atoms with Crippen LogP contribution in [0.1, 0.15) is 18.9 Å². The summed E-state index contributed by atoms with van der Waals surface area (Å²) in [4.78, 5) is 11.4. The molecule has 0 atom stereocenters. The summed E-state index contributed by atoms with van der Waals surface area (Å²) in [6, 6.07) is 15.2. The number of carbonyl (C=O) groups is 1. The third-order valence-electron chi connectivity index (χ3n) is 3.77. The zero-order valence-corrected chi connectivity index (χ0v) is 15.1. The maximum Gasteiger partial charge on any atom is 0.224 e. The summed E-state index contributed by atoms with van der Waals surface area (Å²) in [5.74, 6) is 0.790. The molecule has 3 rings (SSSR count). The van der Waals surface area contributed by atoms with Crippen LogP contribution >= 0.6 is 11.6 Å². The SMILES string of the molecule is CCC(=O)Nc1ccc(CNc2[nH]ncc2Nc2cccc(Cl)c2)cc1. The Morgan fingerprint density at radius 3 is 2.69 bits per heavy atom. The van der Waals surface area contributed by atoms with Crippen molar-refractivity contribution in [2.45, 2.75) is 19.9 Å². The van der Waals surface area contributed by atoms with Crippen molar-refractivity contribution in [3.8, 4) is 0 Å². The molecule has 134 valence electrons. The molecule has 2 aromatic carbocycles. The lowest BCUT2D eigenvalue weighted by Gasteiger charge is -2.10. The molecule has 6 nitrogen and oxygen atoms in total. The minimum atomic E-state index is 0.00469. The predicted molar refractivity (Wildman–Crippen MR) is 106 cm³/mol. The monoisotopic (exact) mass is 369 g/mol. The first kappa shape index (κ1) is 17.8. The van der Waals surface area contributed by atoms with Gasteiger partial charge in [0.2, 0.25) is 5.91 Å². The number of benzene rings is 2. The highest BCUT2D eigenvalue weighted by Gasteiger charge is 2.06. The average Bonchev–Trinajstić information content (AvgIpc) is 3.08. The first-order chi connectivity index (χ1) is 12.6. The van der Waals surface area contributed by atoms with Crippen LogP contribution in [-0.2, 0) is 11.3 Å². The second-order valence-corrected chi connectivity index (χ2v) is 6.18. The quantitative estimate of drug-likeness (QED) is 0.483. The summed E-state index contributed by atoms with van der Waals surface area (Å²) < 4.78 is 0. The number of anilines is 4. The van der Waals surface area contributed by atoms with Crippen LogP contribution in [0.25, 0.3) is 0 Å². The van der Waals surface area contributed by atoms with Crippen LogP contribution in [0.3, 0.4) is 0 Å². The van der Waals surface area contributed by atoms with Crippen LogP contribution in [0.4, 0.5) is 22.9 Å². The van der Waals surface area contributed by atoms with E-state index in [1.54, 1.807) is 6.20 Å². The number of amides is 1. The van der Waals surface area contributed by atoms with Gasteiger partial charge in [-0.2, -0.15) is 5.10 Å². The molecule has 7 heteroatoms. The maximum absolute atomic E-state index is 11.4. The summed E-state index contributed by atoms with van der Waals surface area (Å²) in [6.07, 6.45) is 2.18. The molecule has 0 fully saturated rings. The van der Waals surface area contributed by atoms with Crippen LogP contribution in [0.2, 0.25) is 5.02 Å². The summed E-state index contributed by atoms with van der Waals surface area (Å²) in [5, 5.41) is 17.1. The third kappa shape index (κ3) is 4.77. The number of aromatic nitrogens is 2. The molecule has 1 heterocycles. The standard InChI is InChI=1S/C19H20ClN5O/c1-2-18(26)24-15-8-6-13(7-9-15)11-21-19-17(12-22-25-19)23-16-5-3-4-14(20)10-16/h3-10,12,23H,2,11H2,1H3,(H,24,26)(H2,21,22,25). The van der Waals surface area contributed by atoms with E-state index in [1.807, 2.05) is 55.5 Å². The molecule has 0 unspecified atom stereocenters. The number of rotatable bonds is 7. The van der Waals surface area contributed by atoms with E-state index >= 15 is 0 Å². The van der Waals surface area contributed by atoms with Gasteiger partial charge in [-0.15, -0.1) is 0 Å². The Bertz CT molecular complexity index is 876. The molecule has 4 N–H and O–H groups in total. The van der Waals surface area contributed by atoms with E-state index in [9.17, 15) is 4.79 Å². The van der Waals surface area contributed by atoms with E-state index in [-0.39, 0.29) is 5.91 Å². The second kappa shape index (κ2) is 8.40. The molecule has 0 saturated heterocycles.